The van der Waals surface area contributed by atoms with Gasteiger partial charge >= 0.3 is 0 Å². The number of hydrogen-bond acceptors (Lipinski definition) is 6. The molecule has 5 rings (SSSR count). The van der Waals surface area contributed by atoms with Gasteiger partial charge < -0.3 is 14.2 Å². The third-order valence-corrected chi connectivity index (χ3v) is 6.59. The van der Waals surface area contributed by atoms with Gasteiger partial charge in [0.15, 0.2) is 11.5 Å². The summed E-state index contributed by atoms with van der Waals surface area (Å²) in [6, 6.07) is 18.2. The van der Waals surface area contributed by atoms with Crippen LogP contribution in [-0.2, 0) is 0 Å². The lowest BCUT2D eigenvalue weighted by atomic mass is 9.95. The van der Waals surface area contributed by atoms with Gasteiger partial charge in [-0.05, 0) is 48.5 Å². The molecule has 0 radical (unpaired) electrons. The van der Waals surface area contributed by atoms with Crippen molar-refractivity contribution < 1.29 is 19.0 Å². The third-order valence-electron chi connectivity index (χ3n) is 5.82. The van der Waals surface area contributed by atoms with Gasteiger partial charge in [-0.25, -0.2) is 5.01 Å². The number of fused-ring (bicyclic) bond motifs is 3. The Bertz CT molecular complexity index is 1260. The quantitative estimate of drug-likeness (QED) is 0.388. The van der Waals surface area contributed by atoms with Crippen LogP contribution in [0.25, 0.3) is 0 Å². The molecule has 8 heteroatoms. The standard InChI is InChI=1S/C25H20BrClN2O4/c1-31-22-9-5-15(11-23(22)32-2)19-13-20-18-12-17(27)8-10-21(18)33-25(29(20)28-19)24(30)14-3-6-16(26)7-4-14/h3-12,20,25H,13H2,1-2H3. The number of methoxy groups -OCH3 is 2. The molecule has 3 aromatic rings. The Hall–Kier alpha value is -3.03. The van der Waals surface area contributed by atoms with Crippen LogP contribution in [-0.4, -0.2) is 37.0 Å². The molecule has 0 bridgehead atoms. The van der Waals surface area contributed by atoms with Gasteiger partial charge in [-0.3, -0.25) is 4.79 Å². The molecule has 0 aromatic heterocycles. The first-order valence-electron chi connectivity index (χ1n) is 10.3. The highest BCUT2D eigenvalue weighted by Gasteiger charge is 2.43. The molecule has 0 N–H and O–H groups in total. The molecule has 2 unspecified atom stereocenters. The number of ketones is 1. The normalized spacial score (nSPS) is 18.7. The second-order valence-corrected chi connectivity index (χ2v) is 9.09. The maximum absolute atomic E-state index is 13.4. The summed E-state index contributed by atoms with van der Waals surface area (Å²) < 4.78 is 17.9. The molecular formula is C25H20BrClN2O4. The van der Waals surface area contributed by atoms with E-state index in [1.165, 1.54) is 0 Å². The number of nitrogens with zero attached hydrogens (tertiary/aromatic N) is 2. The number of benzene rings is 3. The van der Waals surface area contributed by atoms with Crippen molar-refractivity contribution in [1.82, 2.24) is 5.01 Å². The van der Waals surface area contributed by atoms with E-state index in [9.17, 15) is 4.79 Å². The Labute approximate surface area is 204 Å². The summed E-state index contributed by atoms with van der Waals surface area (Å²) in [5.41, 5.74) is 3.17. The molecule has 0 amide bonds. The summed E-state index contributed by atoms with van der Waals surface area (Å²) in [5.74, 6) is 1.73. The Kier molecular flexibility index (Phi) is 5.76. The van der Waals surface area contributed by atoms with Crippen molar-refractivity contribution in [2.45, 2.75) is 18.7 Å². The lowest BCUT2D eigenvalue weighted by Crippen LogP contribution is -2.45. The van der Waals surface area contributed by atoms with E-state index in [1.807, 2.05) is 42.5 Å². The first-order chi connectivity index (χ1) is 16.0. The van der Waals surface area contributed by atoms with E-state index < -0.39 is 6.23 Å². The fraction of sp³-hybridized carbons (Fsp3) is 0.200. The lowest BCUT2D eigenvalue weighted by molar-refractivity contribution is -0.00455. The molecule has 33 heavy (non-hydrogen) atoms. The highest BCUT2D eigenvalue weighted by atomic mass is 79.9. The summed E-state index contributed by atoms with van der Waals surface area (Å²) in [7, 11) is 3.20. The number of ether oxygens (including phenoxy) is 3. The van der Waals surface area contributed by atoms with Crippen molar-refractivity contribution in [3.05, 3.63) is 86.8 Å². The Morgan fingerprint density at radius 1 is 1.06 bits per heavy atom. The summed E-state index contributed by atoms with van der Waals surface area (Å²) in [6.45, 7) is 0. The average molecular weight is 528 g/mol. The van der Waals surface area contributed by atoms with Crippen molar-refractivity contribution >= 4 is 39.0 Å². The van der Waals surface area contributed by atoms with Crippen LogP contribution in [0.4, 0.5) is 0 Å². The second-order valence-electron chi connectivity index (χ2n) is 7.74. The van der Waals surface area contributed by atoms with E-state index in [1.54, 1.807) is 37.4 Å². The average Bonchev–Trinajstić information content (AvgIpc) is 3.29. The van der Waals surface area contributed by atoms with Gasteiger partial charge in [0, 0.05) is 32.6 Å². The second kappa shape index (κ2) is 8.72. The van der Waals surface area contributed by atoms with E-state index in [-0.39, 0.29) is 11.8 Å². The molecule has 2 heterocycles. The summed E-state index contributed by atoms with van der Waals surface area (Å²) >= 11 is 9.70. The van der Waals surface area contributed by atoms with Gasteiger partial charge in [0.05, 0.1) is 26.0 Å². The smallest absolute Gasteiger partial charge is 0.251 e. The zero-order valence-electron chi connectivity index (χ0n) is 17.9. The molecule has 3 aromatic carbocycles. The molecule has 0 spiro atoms. The summed E-state index contributed by atoms with van der Waals surface area (Å²) in [5, 5.41) is 7.19. The van der Waals surface area contributed by atoms with Crippen molar-refractivity contribution in [2.75, 3.05) is 14.2 Å². The van der Waals surface area contributed by atoms with Gasteiger partial charge in [0.2, 0.25) is 5.78 Å². The van der Waals surface area contributed by atoms with Crippen molar-refractivity contribution in [2.24, 2.45) is 5.10 Å². The predicted molar refractivity (Wildman–Crippen MR) is 130 cm³/mol. The molecular weight excluding hydrogens is 508 g/mol. The van der Waals surface area contributed by atoms with Crippen LogP contribution in [0.1, 0.15) is 33.9 Å². The first-order valence-corrected chi connectivity index (χ1v) is 11.5. The van der Waals surface area contributed by atoms with Crippen molar-refractivity contribution in [3.63, 3.8) is 0 Å². The molecule has 2 atom stereocenters. The van der Waals surface area contributed by atoms with Crippen LogP contribution in [0.3, 0.4) is 0 Å². The lowest BCUT2D eigenvalue weighted by Gasteiger charge is -2.37. The predicted octanol–water partition coefficient (Wildman–Crippen LogP) is 5.87. The number of hydrazone groups is 1. The van der Waals surface area contributed by atoms with Crippen LogP contribution in [0.15, 0.2) is 70.2 Å². The minimum atomic E-state index is -0.887. The van der Waals surface area contributed by atoms with Crippen LogP contribution in [0.5, 0.6) is 17.2 Å². The molecule has 6 nitrogen and oxygen atoms in total. The fourth-order valence-electron chi connectivity index (χ4n) is 4.18. The first kappa shape index (κ1) is 21.8. The summed E-state index contributed by atoms with van der Waals surface area (Å²) in [4.78, 5) is 13.4. The van der Waals surface area contributed by atoms with Crippen molar-refractivity contribution in [1.29, 1.82) is 0 Å². The molecule has 2 aliphatic rings. The number of carbonyl (C=O) groups is 1. The number of hydrogen-bond donors (Lipinski definition) is 0. The molecule has 0 saturated heterocycles. The van der Waals surface area contributed by atoms with Gasteiger partial charge in [0.1, 0.15) is 5.75 Å². The van der Waals surface area contributed by atoms with E-state index in [4.69, 9.17) is 30.9 Å². The fourth-order valence-corrected chi connectivity index (χ4v) is 4.62. The third kappa shape index (κ3) is 3.96. The molecule has 0 saturated carbocycles. The Balaban J connectivity index is 1.56. The summed E-state index contributed by atoms with van der Waals surface area (Å²) in [6.07, 6.45) is -0.293. The van der Waals surface area contributed by atoms with E-state index in [0.29, 0.717) is 34.3 Å². The maximum Gasteiger partial charge on any atom is 0.251 e. The SMILES string of the molecule is COc1ccc(C2=NN3C(C(=O)c4ccc(Br)cc4)Oc4ccc(Cl)cc4C3C2)cc1OC. The maximum atomic E-state index is 13.4. The van der Waals surface area contributed by atoms with Crippen LogP contribution in [0, 0.1) is 0 Å². The molecule has 168 valence electrons. The Morgan fingerprint density at radius 2 is 1.82 bits per heavy atom. The largest absolute Gasteiger partial charge is 0.493 e. The zero-order valence-corrected chi connectivity index (χ0v) is 20.3. The van der Waals surface area contributed by atoms with Gasteiger partial charge in [-0.15, -0.1) is 0 Å². The molecule has 0 aliphatic carbocycles. The number of carbonyl (C=O) groups excluding carboxylic acids is 1. The van der Waals surface area contributed by atoms with E-state index in [2.05, 4.69) is 15.9 Å². The molecule has 0 fully saturated rings. The highest BCUT2D eigenvalue weighted by molar-refractivity contribution is 9.10. The minimum Gasteiger partial charge on any atom is -0.493 e. The minimum absolute atomic E-state index is 0.162. The monoisotopic (exact) mass is 526 g/mol. The van der Waals surface area contributed by atoms with Gasteiger partial charge in [-0.2, -0.15) is 5.10 Å². The van der Waals surface area contributed by atoms with E-state index in [0.717, 1.165) is 21.3 Å². The highest BCUT2D eigenvalue weighted by Crippen LogP contribution is 2.45. The van der Waals surface area contributed by atoms with Gasteiger partial charge in [-0.1, -0.05) is 39.7 Å². The molecule has 2 aliphatic heterocycles. The topological polar surface area (TPSA) is 60.4 Å². The van der Waals surface area contributed by atoms with Gasteiger partial charge in [0.25, 0.3) is 6.23 Å². The van der Waals surface area contributed by atoms with Crippen LogP contribution < -0.4 is 14.2 Å². The van der Waals surface area contributed by atoms with E-state index >= 15 is 0 Å². The number of Topliss-reactive ketones (excluding diaryl/α,β-unsaturated/α-hetero) is 1. The van der Waals surface area contributed by atoms with Crippen LogP contribution in [0.2, 0.25) is 5.02 Å². The number of rotatable bonds is 5. The zero-order chi connectivity index (χ0) is 23.1. The number of halogens is 2. The Morgan fingerprint density at radius 3 is 2.55 bits per heavy atom. The van der Waals surface area contributed by atoms with Crippen LogP contribution >= 0.6 is 27.5 Å². The van der Waals surface area contributed by atoms with Crippen molar-refractivity contribution in [3.8, 4) is 17.2 Å².